The summed E-state index contributed by atoms with van der Waals surface area (Å²) in [7, 11) is 0. The smallest absolute Gasteiger partial charge is 0.157 e. The first-order valence-electron chi connectivity index (χ1n) is 8.63. The Kier molecular flexibility index (Phi) is 5.69. The van der Waals surface area contributed by atoms with Crippen LogP contribution in [0.4, 0.5) is 4.39 Å². The highest BCUT2D eigenvalue weighted by atomic mass is 32.2. The maximum absolute atomic E-state index is 13.3. The molecule has 3 rings (SSSR count). The van der Waals surface area contributed by atoms with Gasteiger partial charge in [0.05, 0.1) is 11.4 Å². The average molecular weight is 371 g/mol. The third-order valence-corrected chi connectivity index (χ3v) is 5.08. The third kappa shape index (κ3) is 3.94. The molecule has 26 heavy (non-hydrogen) atoms. The van der Waals surface area contributed by atoms with Gasteiger partial charge in [-0.2, -0.15) is 0 Å². The van der Waals surface area contributed by atoms with Crippen molar-refractivity contribution >= 4 is 11.1 Å². The Hall–Kier alpha value is -2.24. The topological polar surface area (TPSA) is 42.2 Å². The Morgan fingerprint density at radius 1 is 1.08 bits per heavy atom. The van der Waals surface area contributed by atoms with E-state index >= 15 is 0 Å². The molecule has 0 aliphatic carbocycles. The molecule has 0 saturated heterocycles. The maximum Gasteiger partial charge on any atom is 0.157 e. The van der Waals surface area contributed by atoms with Crippen molar-refractivity contribution in [3.63, 3.8) is 0 Å². The van der Waals surface area contributed by atoms with E-state index in [2.05, 4.69) is 24.5 Å². The molecule has 1 unspecified atom stereocenters. The van der Waals surface area contributed by atoms with Gasteiger partial charge in [-0.3, -0.25) is 0 Å². The fraction of sp³-hybridized carbons (Fsp3) is 0.238. The first-order chi connectivity index (χ1) is 12.5. The maximum atomic E-state index is 13.3. The predicted molar refractivity (Wildman–Crippen MR) is 104 cm³/mol. The van der Waals surface area contributed by atoms with Gasteiger partial charge in [0.1, 0.15) is 5.82 Å². The molecule has 0 aliphatic rings. The largest absolute Gasteiger partial charge is 0.314 e. The molecule has 5 heteroatoms. The van der Waals surface area contributed by atoms with Crippen molar-refractivity contribution in [3.8, 4) is 16.9 Å². The van der Waals surface area contributed by atoms with Gasteiger partial charge >= 0.3 is 0 Å². The van der Waals surface area contributed by atoms with Gasteiger partial charge in [0.15, 0.2) is 11.1 Å². The van der Waals surface area contributed by atoms with E-state index in [1.807, 2.05) is 24.3 Å². The molecule has 1 aromatic heterocycles. The SMILES string of the molecule is CCCc1cc(-c2ccc(CS(=O)O)cc2)n(-c2ccc(F)cc2)c1C. The van der Waals surface area contributed by atoms with Crippen LogP contribution in [0.25, 0.3) is 16.9 Å². The summed E-state index contributed by atoms with van der Waals surface area (Å²) in [4.78, 5) is 0. The number of halogens is 1. The minimum absolute atomic E-state index is 0.124. The molecule has 3 nitrogen and oxygen atoms in total. The standard InChI is InChI=1S/C21H22FNO2S/c1-3-4-18-13-21(17-7-5-16(6-8-17)14-26(24)25)23(15(18)2)20-11-9-19(22)10-12-20/h5-13H,3-4,14H2,1-2H3,(H,24,25). The molecule has 2 aromatic carbocycles. The summed E-state index contributed by atoms with van der Waals surface area (Å²) in [6.45, 7) is 4.24. The van der Waals surface area contributed by atoms with Crippen molar-refractivity contribution in [3.05, 3.63) is 77.2 Å². The number of hydrogen-bond acceptors (Lipinski definition) is 1. The van der Waals surface area contributed by atoms with Crippen molar-refractivity contribution in [1.29, 1.82) is 0 Å². The van der Waals surface area contributed by atoms with Gasteiger partial charge in [-0.1, -0.05) is 37.6 Å². The first kappa shape index (κ1) is 18.5. The van der Waals surface area contributed by atoms with E-state index in [1.165, 1.54) is 17.7 Å². The zero-order valence-electron chi connectivity index (χ0n) is 14.9. The van der Waals surface area contributed by atoms with Crippen LogP contribution in [0.15, 0.2) is 54.6 Å². The highest BCUT2D eigenvalue weighted by Crippen LogP contribution is 2.30. The molecule has 1 atom stereocenters. The summed E-state index contributed by atoms with van der Waals surface area (Å²) in [5.74, 6) is -0.130. The predicted octanol–water partition coefficient (Wildman–Crippen LogP) is 5.27. The van der Waals surface area contributed by atoms with Crippen LogP contribution >= 0.6 is 0 Å². The first-order valence-corrected chi connectivity index (χ1v) is 9.91. The fourth-order valence-electron chi connectivity index (χ4n) is 3.23. The Morgan fingerprint density at radius 3 is 2.31 bits per heavy atom. The van der Waals surface area contributed by atoms with Crippen LogP contribution in [-0.4, -0.2) is 13.3 Å². The van der Waals surface area contributed by atoms with Gasteiger partial charge < -0.3 is 9.12 Å². The molecule has 0 spiro atoms. The Morgan fingerprint density at radius 2 is 1.73 bits per heavy atom. The number of benzene rings is 2. The van der Waals surface area contributed by atoms with E-state index in [0.29, 0.717) is 0 Å². The van der Waals surface area contributed by atoms with Crippen LogP contribution < -0.4 is 0 Å². The van der Waals surface area contributed by atoms with Crippen molar-refractivity contribution < 1.29 is 13.2 Å². The lowest BCUT2D eigenvalue weighted by molar-refractivity contribution is 0.563. The molecule has 0 fully saturated rings. The van der Waals surface area contributed by atoms with Gasteiger partial charge in [-0.05, 0) is 60.4 Å². The minimum Gasteiger partial charge on any atom is -0.314 e. The molecule has 0 saturated carbocycles. The van der Waals surface area contributed by atoms with E-state index < -0.39 is 11.1 Å². The zero-order valence-corrected chi connectivity index (χ0v) is 15.7. The Labute approximate surface area is 155 Å². The van der Waals surface area contributed by atoms with Crippen molar-refractivity contribution in [2.45, 2.75) is 32.4 Å². The quantitative estimate of drug-likeness (QED) is 0.600. The van der Waals surface area contributed by atoms with Crippen molar-refractivity contribution in [1.82, 2.24) is 4.57 Å². The van der Waals surface area contributed by atoms with Gasteiger partial charge in [-0.25, -0.2) is 8.60 Å². The lowest BCUT2D eigenvalue weighted by Gasteiger charge is -2.13. The Balaban J connectivity index is 2.09. The summed E-state index contributed by atoms with van der Waals surface area (Å²) in [5.41, 5.74) is 6.21. The van der Waals surface area contributed by atoms with Crippen LogP contribution in [0, 0.1) is 12.7 Å². The van der Waals surface area contributed by atoms with Gasteiger partial charge in [0.2, 0.25) is 0 Å². The van der Waals surface area contributed by atoms with Crippen LogP contribution in [0.2, 0.25) is 0 Å². The van der Waals surface area contributed by atoms with E-state index in [1.54, 1.807) is 12.1 Å². The fourth-order valence-corrected chi connectivity index (χ4v) is 3.71. The van der Waals surface area contributed by atoms with Crippen LogP contribution in [0.5, 0.6) is 0 Å². The minimum atomic E-state index is -1.85. The molecular formula is C21H22FNO2S. The second-order valence-corrected chi connectivity index (χ2v) is 7.30. The molecule has 1 N–H and O–H groups in total. The number of nitrogens with zero attached hydrogens (tertiary/aromatic N) is 1. The van der Waals surface area contributed by atoms with Gasteiger partial charge in [0, 0.05) is 11.4 Å². The van der Waals surface area contributed by atoms with Crippen molar-refractivity contribution in [2.75, 3.05) is 0 Å². The molecule has 0 bridgehead atoms. The van der Waals surface area contributed by atoms with Crippen LogP contribution in [0.1, 0.15) is 30.2 Å². The molecule has 136 valence electrons. The monoisotopic (exact) mass is 371 g/mol. The van der Waals surface area contributed by atoms with Crippen LogP contribution in [-0.2, 0) is 23.3 Å². The van der Waals surface area contributed by atoms with Crippen LogP contribution in [0.3, 0.4) is 0 Å². The summed E-state index contributed by atoms with van der Waals surface area (Å²) in [6, 6.07) is 16.4. The highest BCUT2D eigenvalue weighted by molar-refractivity contribution is 7.78. The number of aromatic nitrogens is 1. The van der Waals surface area contributed by atoms with Gasteiger partial charge in [0.25, 0.3) is 0 Å². The molecular weight excluding hydrogens is 349 g/mol. The number of hydrogen-bond donors (Lipinski definition) is 1. The van der Waals surface area contributed by atoms with Crippen molar-refractivity contribution in [2.24, 2.45) is 0 Å². The number of aryl methyl sites for hydroxylation is 1. The summed E-state index contributed by atoms with van der Waals surface area (Å²) in [5, 5.41) is 0. The number of rotatable bonds is 6. The molecule has 0 amide bonds. The van der Waals surface area contributed by atoms with Gasteiger partial charge in [-0.15, -0.1) is 0 Å². The van der Waals surface area contributed by atoms with E-state index in [9.17, 15) is 8.60 Å². The molecule has 1 heterocycles. The lowest BCUT2D eigenvalue weighted by atomic mass is 10.1. The second-order valence-electron chi connectivity index (χ2n) is 6.36. The molecule has 0 radical (unpaired) electrons. The van der Waals surface area contributed by atoms with E-state index in [4.69, 9.17) is 4.55 Å². The average Bonchev–Trinajstić information content (AvgIpc) is 2.93. The normalized spacial score (nSPS) is 12.3. The zero-order chi connectivity index (χ0) is 18.7. The molecule has 3 aromatic rings. The van der Waals surface area contributed by atoms with E-state index in [-0.39, 0.29) is 11.6 Å². The highest BCUT2D eigenvalue weighted by Gasteiger charge is 2.15. The molecule has 0 aliphatic heterocycles. The summed E-state index contributed by atoms with van der Waals surface area (Å²) >= 11 is -1.85. The lowest BCUT2D eigenvalue weighted by Crippen LogP contribution is -2.00. The summed E-state index contributed by atoms with van der Waals surface area (Å²) in [6.07, 6.45) is 2.03. The summed E-state index contributed by atoms with van der Waals surface area (Å²) < 4.78 is 35.5. The Bertz CT molecular complexity index is 914. The third-order valence-electron chi connectivity index (χ3n) is 4.50. The second kappa shape index (κ2) is 7.98. The van der Waals surface area contributed by atoms with E-state index in [0.717, 1.165) is 41.0 Å².